The summed E-state index contributed by atoms with van der Waals surface area (Å²) in [5.41, 5.74) is 7.31. The number of rotatable bonds is 4. The summed E-state index contributed by atoms with van der Waals surface area (Å²) in [7, 11) is 0. The molecule has 1 atom stereocenters. The molecule has 2 heterocycles. The molecular formula is C13H23N3. The topological polar surface area (TPSA) is 43.8 Å². The lowest BCUT2D eigenvalue weighted by molar-refractivity contribution is 0.397. The van der Waals surface area contributed by atoms with Gasteiger partial charge in [0.05, 0.1) is 5.69 Å². The Balaban J connectivity index is 2.09. The van der Waals surface area contributed by atoms with Crippen LogP contribution in [0.2, 0.25) is 0 Å². The molecule has 16 heavy (non-hydrogen) atoms. The predicted octanol–water partition coefficient (Wildman–Crippen LogP) is 2.78. The van der Waals surface area contributed by atoms with Gasteiger partial charge in [0, 0.05) is 13.0 Å². The van der Waals surface area contributed by atoms with E-state index in [0.717, 1.165) is 36.8 Å². The number of anilines is 1. The molecule has 2 N–H and O–H groups in total. The van der Waals surface area contributed by atoms with E-state index in [9.17, 15) is 0 Å². The summed E-state index contributed by atoms with van der Waals surface area (Å²) in [6, 6.07) is 0. The lowest BCUT2D eigenvalue weighted by Gasteiger charge is -2.20. The van der Waals surface area contributed by atoms with Gasteiger partial charge in [0.2, 0.25) is 0 Å². The van der Waals surface area contributed by atoms with Crippen molar-refractivity contribution in [3.63, 3.8) is 0 Å². The number of aromatic nitrogens is 2. The minimum absolute atomic E-state index is 0.743. The highest BCUT2D eigenvalue weighted by atomic mass is 15.1. The minimum atomic E-state index is 0.743. The first-order valence-electron chi connectivity index (χ1n) is 6.56. The molecular weight excluding hydrogens is 198 g/mol. The van der Waals surface area contributed by atoms with Crippen LogP contribution in [0.4, 0.5) is 5.82 Å². The van der Waals surface area contributed by atoms with E-state index >= 15 is 0 Å². The van der Waals surface area contributed by atoms with Crippen LogP contribution in [0.15, 0.2) is 0 Å². The van der Waals surface area contributed by atoms with Gasteiger partial charge in [0.15, 0.2) is 0 Å². The summed E-state index contributed by atoms with van der Waals surface area (Å²) in [6.07, 6.45) is 7.15. The molecule has 3 heteroatoms. The van der Waals surface area contributed by atoms with E-state index in [1.54, 1.807) is 0 Å². The van der Waals surface area contributed by atoms with Crippen LogP contribution in [0.5, 0.6) is 0 Å². The number of imidazole rings is 1. The third-order valence-corrected chi connectivity index (χ3v) is 3.53. The first kappa shape index (κ1) is 11.5. The van der Waals surface area contributed by atoms with Crippen molar-refractivity contribution in [3.05, 3.63) is 11.5 Å². The van der Waals surface area contributed by atoms with Gasteiger partial charge in [-0.3, -0.25) is 0 Å². The van der Waals surface area contributed by atoms with Crippen molar-refractivity contribution in [2.75, 3.05) is 5.73 Å². The van der Waals surface area contributed by atoms with Gasteiger partial charge in [-0.2, -0.15) is 0 Å². The van der Waals surface area contributed by atoms with Crippen LogP contribution in [0.1, 0.15) is 51.0 Å². The van der Waals surface area contributed by atoms with Crippen LogP contribution in [-0.4, -0.2) is 9.55 Å². The molecule has 0 saturated carbocycles. The van der Waals surface area contributed by atoms with Gasteiger partial charge >= 0.3 is 0 Å². The number of unbranched alkanes of at least 4 members (excludes halogenated alkanes) is 2. The van der Waals surface area contributed by atoms with Crippen molar-refractivity contribution in [1.82, 2.24) is 9.55 Å². The maximum atomic E-state index is 6.17. The monoisotopic (exact) mass is 221 g/mol. The third-order valence-electron chi connectivity index (χ3n) is 3.53. The second-order valence-electron chi connectivity index (χ2n) is 5.07. The molecule has 0 saturated heterocycles. The average Bonchev–Trinajstić information content (AvgIpc) is 2.57. The molecule has 0 aliphatic carbocycles. The summed E-state index contributed by atoms with van der Waals surface area (Å²) >= 11 is 0. The highest BCUT2D eigenvalue weighted by Crippen LogP contribution is 2.25. The van der Waals surface area contributed by atoms with E-state index in [0.29, 0.717) is 0 Å². The van der Waals surface area contributed by atoms with Gasteiger partial charge in [0.1, 0.15) is 11.6 Å². The molecule has 90 valence electrons. The number of fused-ring (bicyclic) bond motifs is 1. The zero-order chi connectivity index (χ0) is 11.5. The van der Waals surface area contributed by atoms with Crippen LogP contribution in [0, 0.1) is 5.92 Å². The van der Waals surface area contributed by atoms with E-state index in [-0.39, 0.29) is 0 Å². The Morgan fingerprint density at radius 2 is 2.25 bits per heavy atom. The second-order valence-corrected chi connectivity index (χ2v) is 5.07. The molecule has 1 aromatic rings. The van der Waals surface area contributed by atoms with Gasteiger partial charge < -0.3 is 10.3 Å². The van der Waals surface area contributed by atoms with E-state index in [2.05, 4.69) is 18.4 Å². The fraction of sp³-hybridized carbons (Fsp3) is 0.769. The number of aryl methyl sites for hydroxylation is 2. The summed E-state index contributed by atoms with van der Waals surface area (Å²) in [6.45, 7) is 5.57. The Bertz CT molecular complexity index is 354. The minimum Gasteiger partial charge on any atom is -0.384 e. The molecule has 0 radical (unpaired) electrons. The highest BCUT2D eigenvalue weighted by molar-refractivity contribution is 5.39. The first-order valence-corrected chi connectivity index (χ1v) is 6.56. The first-order chi connectivity index (χ1) is 7.72. The molecule has 3 nitrogen and oxygen atoms in total. The van der Waals surface area contributed by atoms with Crippen LogP contribution >= 0.6 is 0 Å². The standard InChI is InChI=1S/C13H23N3/c1-3-4-5-6-11-13(14)16-9-10(2)7-8-12(16)15-11/h10H,3-9,14H2,1-2H3. The molecule has 2 rings (SSSR count). The van der Waals surface area contributed by atoms with Crippen LogP contribution < -0.4 is 5.73 Å². The van der Waals surface area contributed by atoms with Crippen molar-refractivity contribution >= 4 is 5.82 Å². The third kappa shape index (κ3) is 2.23. The maximum absolute atomic E-state index is 6.17. The fourth-order valence-electron chi connectivity index (χ4n) is 2.47. The van der Waals surface area contributed by atoms with Gasteiger partial charge in [-0.1, -0.05) is 26.7 Å². The molecule has 0 aromatic carbocycles. The molecule has 0 fully saturated rings. The lowest BCUT2D eigenvalue weighted by Crippen LogP contribution is -2.19. The average molecular weight is 221 g/mol. The zero-order valence-corrected chi connectivity index (χ0v) is 10.5. The lowest BCUT2D eigenvalue weighted by atomic mass is 10.0. The van der Waals surface area contributed by atoms with Crippen molar-refractivity contribution in [2.45, 2.75) is 58.9 Å². The normalized spacial score (nSPS) is 19.8. The fourth-order valence-corrected chi connectivity index (χ4v) is 2.47. The molecule has 0 amide bonds. The van der Waals surface area contributed by atoms with Gasteiger partial charge in [-0.15, -0.1) is 0 Å². The molecule has 1 aliphatic heterocycles. The molecule has 1 aromatic heterocycles. The SMILES string of the molecule is CCCCCc1nc2n(c1N)CC(C)CC2. The van der Waals surface area contributed by atoms with Crippen molar-refractivity contribution < 1.29 is 0 Å². The Kier molecular flexibility index (Phi) is 3.52. The Morgan fingerprint density at radius 1 is 1.44 bits per heavy atom. The van der Waals surface area contributed by atoms with E-state index < -0.39 is 0 Å². The van der Waals surface area contributed by atoms with Gasteiger partial charge in [-0.25, -0.2) is 4.98 Å². The zero-order valence-electron chi connectivity index (χ0n) is 10.5. The van der Waals surface area contributed by atoms with Crippen molar-refractivity contribution in [1.29, 1.82) is 0 Å². The molecule has 0 bridgehead atoms. The highest BCUT2D eigenvalue weighted by Gasteiger charge is 2.20. The van der Waals surface area contributed by atoms with Gasteiger partial charge in [-0.05, 0) is 25.2 Å². The Labute approximate surface area is 98.1 Å². The molecule has 0 spiro atoms. The van der Waals surface area contributed by atoms with Crippen LogP contribution in [-0.2, 0) is 19.4 Å². The molecule has 1 unspecified atom stereocenters. The van der Waals surface area contributed by atoms with E-state index in [1.165, 1.54) is 31.5 Å². The number of hydrogen-bond acceptors (Lipinski definition) is 2. The van der Waals surface area contributed by atoms with Crippen molar-refractivity contribution in [3.8, 4) is 0 Å². The maximum Gasteiger partial charge on any atom is 0.126 e. The predicted molar refractivity (Wildman–Crippen MR) is 67.4 cm³/mol. The number of nitrogens with two attached hydrogens (primary N) is 1. The summed E-state index contributed by atoms with van der Waals surface area (Å²) in [5, 5.41) is 0. The summed E-state index contributed by atoms with van der Waals surface area (Å²) < 4.78 is 2.23. The second kappa shape index (κ2) is 4.89. The quantitative estimate of drug-likeness (QED) is 0.794. The van der Waals surface area contributed by atoms with Gasteiger partial charge in [0.25, 0.3) is 0 Å². The van der Waals surface area contributed by atoms with E-state index in [1.807, 2.05) is 0 Å². The Morgan fingerprint density at radius 3 is 3.00 bits per heavy atom. The molecule has 1 aliphatic rings. The Hall–Kier alpha value is -0.990. The summed E-state index contributed by atoms with van der Waals surface area (Å²) in [4.78, 5) is 4.69. The van der Waals surface area contributed by atoms with Crippen LogP contribution in [0.25, 0.3) is 0 Å². The smallest absolute Gasteiger partial charge is 0.126 e. The van der Waals surface area contributed by atoms with E-state index in [4.69, 9.17) is 10.7 Å². The largest absolute Gasteiger partial charge is 0.384 e. The number of nitrogens with zero attached hydrogens (tertiary/aromatic N) is 2. The van der Waals surface area contributed by atoms with Crippen molar-refractivity contribution in [2.24, 2.45) is 5.92 Å². The number of hydrogen-bond donors (Lipinski definition) is 1. The van der Waals surface area contributed by atoms with Crippen LogP contribution in [0.3, 0.4) is 0 Å². The number of nitrogen functional groups attached to an aromatic ring is 1. The summed E-state index contributed by atoms with van der Waals surface area (Å²) in [5.74, 6) is 2.88.